The molecular formula is C11H22O5Si. The van der Waals surface area contributed by atoms with E-state index in [1.165, 1.54) is 0 Å². The van der Waals surface area contributed by atoms with Gasteiger partial charge in [-0.1, -0.05) is 6.58 Å². The minimum atomic E-state index is -2.67. The normalized spacial score (nSPS) is 19.4. The highest BCUT2D eigenvalue weighted by Crippen LogP contribution is 2.20. The summed E-state index contributed by atoms with van der Waals surface area (Å²) in [6.45, 7) is 6.21. The maximum atomic E-state index is 5.45. The fourth-order valence-corrected chi connectivity index (χ4v) is 3.45. The van der Waals surface area contributed by atoms with E-state index in [0.717, 1.165) is 24.6 Å². The molecule has 6 heteroatoms. The van der Waals surface area contributed by atoms with Gasteiger partial charge in [-0.15, -0.1) is 0 Å². The number of rotatable bonds is 10. The first-order valence-electron chi connectivity index (χ1n) is 5.71. The fourth-order valence-electron chi connectivity index (χ4n) is 1.60. The Balaban J connectivity index is 2.16. The average molecular weight is 262 g/mol. The molecule has 1 rings (SSSR count). The Labute approximate surface area is 104 Å². The lowest BCUT2D eigenvalue weighted by Gasteiger charge is -2.26. The van der Waals surface area contributed by atoms with Crippen molar-refractivity contribution in [3.05, 3.63) is 11.8 Å². The van der Waals surface area contributed by atoms with Crippen molar-refractivity contribution in [2.75, 3.05) is 41.2 Å². The lowest BCUT2D eigenvalue weighted by atomic mass is 10.3. The highest BCUT2D eigenvalue weighted by atomic mass is 28.4. The maximum absolute atomic E-state index is 5.45. The first kappa shape index (κ1) is 14.8. The van der Waals surface area contributed by atoms with Crippen LogP contribution in [0.15, 0.2) is 11.8 Å². The summed E-state index contributed by atoms with van der Waals surface area (Å²) in [5.41, 5.74) is 0. The number of ether oxygens (including phenoxy) is 2. The summed E-state index contributed by atoms with van der Waals surface area (Å²) in [6.07, 6.45) is 1.99. The van der Waals surface area contributed by atoms with Gasteiger partial charge in [-0.3, -0.25) is 0 Å². The molecule has 1 fully saturated rings. The van der Waals surface area contributed by atoms with E-state index in [9.17, 15) is 0 Å². The second-order valence-electron chi connectivity index (χ2n) is 3.91. The summed E-state index contributed by atoms with van der Waals surface area (Å²) in [5, 5.41) is 0.885. The monoisotopic (exact) mass is 262 g/mol. The molecule has 1 atom stereocenters. The van der Waals surface area contributed by atoms with Crippen molar-refractivity contribution in [1.82, 2.24) is 0 Å². The van der Waals surface area contributed by atoms with Crippen LogP contribution < -0.4 is 0 Å². The largest absolute Gasteiger partial charge is 0.531 e. The van der Waals surface area contributed by atoms with Gasteiger partial charge >= 0.3 is 8.80 Å². The molecule has 1 heterocycles. The van der Waals surface area contributed by atoms with Gasteiger partial charge in [0.1, 0.15) is 6.10 Å². The van der Waals surface area contributed by atoms with Crippen LogP contribution >= 0.6 is 0 Å². The Morgan fingerprint density at radius 1 is 1.29 bits per heavy atom. The van der Waals surface area contributed by atoms with E-state index >= 15 is 0 Å². The molecule has 0 aromatic rings. The van der Waals surface area contributed by atoms with Crippen LogP contribution in [0, 0.1) is 0 Å². The summed E-state index contributed by atoms with van der Waals surface area (Å²) < 4.78 is 26.5. The molecule has 0 N–H and O–H groups in total. The third-order valence-electron chi connectivity index (χ3n) is 2.71. The summed E-state index contributed by atoms with van der Waals surface area (Å²) in [6, 6.07) is 0. The third-order valence-corrected chi connectivity index (χ3v) is 5.44. The molecule has 1 unspecified atom stereocenters. The zero-order valence-corrected chi connectivity index (χ0v) is 11.9. The molecule has 1 saturated heterocycles. The second-order valence-corrected chi connectivity index (χ2v) is 6.95. The molecule has 5 nitrogen and oxygen atoms in total. The smallest absolute Gasteiger partial charge is 0.379 e. The molecule has 0 bridgehead atoms. The second kappa shape index (κ2) is 7.25. The first-order valence-corrected chi connectivity index (χ1v) is 7.44. The van der Waals surface area contributed by atoms with E-state index in [-0.39, 0.29) is 0 Å². The van der Waals surface area contributed by atoms with Crippen molar-refractivity contribution < 1.29 is 22.8 Å². The van der Waals surface area contributed by atoms with E-state index < -0.39 is 8.80 Å². The maximum Gasteiger partial charge on any atom is 0.531 e. The van der Waals surface area contributed by atoms with Crippen LogP contribution in [0.4, 0.5) is 0 Å². The fraction of sp³-hybridized carbons (Fsp3) is 0.818. The van der Waals surface area contributed by atoms with Gasteiger partial charge in [0.2, 0.25) is 0 Å². The van der Waals surface area contributed by atoms with Crippen molar-refractivity contribution in [2.24, 2.45) is 0 Å². The van der Waals surface area contributed by atoms with E-state index in [4.69, 9.17) is 22.8 Å². The summed E-state index contributed by atoms with van der Waals surface area (Å²) in [7, 11) is 2.10. The van der Waals surface area contributed by atoms with Crippen molar-refractivity contribution in [2.45, 2.75) is 18.9 Å². The molecule has 0 spiro atoms. The SMILES string of the molecule is C=C(CCCOCC1CO1)[Si](OC)(OC)OC. The molecule has 0 aromatic heterocycles. The number of allylic oxidation sites excluding steroid dienone is 1. The zero-order chi connectivity index (χ0) is 12.7. The van der Waals surface area contributed by atoms with E-state index in [1.807, 2.05) is 0 Å². The minimum Gasteiger partial charge on any atom is -0.379 e. The van der Waals surface area contributed by atoms with Gasteiger partial charge in [-0.2, -0.15) is 0 Å². The Bertz CT molecular complexity index is 230. The van der Waals surface area contributed by atoms with Crippen LogP contribution in [0.5, 0.6) is 0 Å². The van der Waals surface area contributed by atoms with E-state index in [1.54, 1.807) is 21.3 Å². The van der Waals surface area contributed by atoms with Gasteiger partial charge < -0.3 is 22.8 Å². The Kier molecular flexibility index (Phi) is 6.32. The van der Waals surface area contributed by atoms with Gasteiger partial charge in [-0.25, -0.2) is 0 Å². The number of epoxide rings is 1. The van der Waals surface area contributed by atoms with Crippen LogP contribution in [0.2, 0.25) is 0 Å². The summed E-state index contributed by atoms with van der Waals surface area (Å²) in [5.74, 6) is 0. The van der Waals surface area contributed by atoms with Gasteiger partial charge in [-0.05, 0) is 18.0 Å². The number of hydrogen-bond donors (Lipinski definition) is 0. The first-order chi connectivity index (χ1) is 8.18. The van der Waals surface area contributed by atoms with Crippen molar-refractivity contribution in [1.29, 1.82) is 0 Å². The van der Waals surface area contributed by atoms with Crippen molar-refractivity contribution in [3.8, 4) is 0 Å². The zero-order valence-electron chi connectivity index (χ0n) is 10.9. The lowest BCUT2D eigenvalue weighted by Crippen LogP contribution is -2.45. The van der Waals surface area contributed by atoms with Crippen molar-refractivity contribution in [3.63, 3.8) is 0 Å². The van der Waals surface area contributed by atoms with Crippen LogP contribution in [0.1, 0.15) is 12.8 Å². The highest BCUT2D eigenvalue weighted by molar-refractivity contribution is 6.68. The van der Waals surface area contributed by atoms with Gasteiger partial charge in [0.05, 0.1) is 13.2 Å². The quantitative estimate of drug-likeness (QED) is 0.336. The summed E-state index contributed by atoms with van der Waals surface area (Å²) in [4.78, 5) is 0. The van der Waals surface area contributed by atoms with Crippen LogP contribution in [-0.4, -0.2) is 56.1 Å². The predicted molar refractivity (Wildman–Crippen MR) is 65.7 cm³/mol. The van der Waals surface area contributed by atoms with Gasteiger partial charge in [0, 0.05) is 27.9 Å². The molecular weight excluding hydrogens is 240 g/mol. The summed E-state index contributed by atoms with van der Waals surface area (Å²) >= 11 is 0. The molecule has 0 aromatic carbocycles. The van der Waals surface area contributed by atoms with Crippen LogP contribution in [-0.2, 0) is 22.8 Å². The van der Waals surface area contributed by atoms with Crippen LogP contribution in [0.3, 0.4) is 0 Å². The molecule has 1 aliphatic heterocycles. The topological polar surface area (TPSA) is 49.5 Å². The Hall–Kier alpha value is -0.243. The van der Waals surface area contributed by atoms with Crippen molar-refractivity contribution >= 4 is 8.80 Å². The van der Waals surface area contributed by atoms with Crippen LogP contribution in [0.25, 0.3) is 0 Å². The molecule has 0 aliphatic carbocycles. The molecule has 1 aliphatic rings. The molecule has 0 radical (unpaired) electrons. The highest BCUT2D eigenvalue weighted by Gasteiger charge is 2.41. The predicted octanol–water partition coefficient (Wildman–Crippen LogP) is 1.16. The lowest BCUT2D eigenvalue weighted by molar-refractivity contribution is 0.112. The number of hydrogen-bond acceptors (Lipinski definition) is 5. The standard InChI is InChI=1S/C11H22O5Si/c1-10(17(12-2,13-3)14-4)6-5-7-15-8-11-9-16-11/h11H,1,5-9H2,2-4H3. The molecule has 100 valence electrons. The Morgan fingerprint density at radius 3 is 2.35 bits per heavy atom. The van der Waals surface area contributed by atoms with Gasteiger partial charge in [0.25, 0.3) is 0 Å². The minimum absolute atomic E-state index is 0.323. The van der Waals surface area contributed by atoms with E-state index in [2.05, 4.69) is 6.58 Å². The molecule has 0 saturated carbocycles. The third kappa shape index (κ3) is 4.49. The average Bonchev–Trinajstić information content (AvgIpc) is 3.16. The van der Waals surface area contributed by atoms with E-state index in [0.29, 0.717) is 19.3 Å². The molecule has 17 heavy (non-hydrogen) atoms. The Morgan fingerprint density at radius 2 is 1.88 bits per heavy atom. The van der Waals surface area contributed by atoms with Gasteiger partial charge in [0.15, 0.2) is 0 Å². The molecule has 0 amide bonds.